The predicted octanol–water partition coefficient (Wildman–Crippen LogP) is 4.07. The Kier molecular flexibility index (Phi) is 8.14. The Hall–Kier alpha value is -5.09. The molecule has 0 aliphatic carbocycles. The Balaban J connectivity index is 1.31. The van der Waals surface area contributed by atoms with Crippen LogP contribution in [0.15, 0.2) is 103 Å². The molecule has 10 heteroatoms. The number of ether oxygens (including phenoxy) is 1. The summed E-state index contributed by atoms with van der Waals surface area (Å²) in [6.45, 7) is 3.15. The van der Waals surface area contributed by atoms with Gasteiger partial charge in [-0.2, -0.15) is 0 Å². The lowest BCUT2D eigenvalue weighted by molar-refractivity contribution is -0.140. The van der Waals surface area contributed by atoms with Crippen LogP contribution in [0.5, 0.6) is 0 Å². The maximum absolute atomic E-state index is 14.1. The maximum Gasteiger partial charge on any atom is 0.251 e. The number of nitrogens with one attached hydrogen (secondary N) is 1. The zero-order valence-electron chi connectivity index (χ0n) is 23.0. The lowest BCUT2D eigenvalue weighted by atomic mass is 10.0. The number of benzene rings is 3. The van der Waals surface area contributed by atoms with Crippen molar-refractivity contribution in [1.29, 1.82) is 0 Å². The lowest BCUT2D eigenvalue weighted by Gasteiger charge is -2.32. The fraction of sp³-hybridized carbons (Fsp3) is 0.219. The molecule has 212 valence electrons. The number of hydrogen-bond donors (Lipinski definition) is 1. The number of para-hydroxylation sites is 1. The summed E-state index contributed by atoms with van der Waals surface area (Å²) in [5.41, 5.74) is 4.66. The van der Waals surface area contributed by atoms with Crippen molar-refractivity contribution in [1.82, 2.24) is 24.9 Å². The molecule has 1 aliphatic rings. The van der Waals surface area contributed by atoms with Crippen LogP contribution in [0.4, 0.5) is 11.4 Å². The number of amides is 2. The van der Waals surface area contributed by atoms with Crippen LogP contribution in [0.1, 0.15) is 17.2 Å². The van der Waals surface area contributed by atoms with Crippen molar-refractivity contribution in [2.75, 3.05) is 36.5 Å². The van der Waals surface area contributed by atoms with Gasteiger partial charge in [-0.1, -0.05) is 53.7 Å². The van der Waals surface area contributed by atoms with Crippen LogP contribution in [-0.2, 0) is 27.4 Å². The molecule has 0 saturated carbocycles. The molecule has 2 amide bonds. The quantitative estimate of drug-likeness (QED) is 0.289. The van der Waals surface area contributed by atoms with Crippen molar-refractivity contribution in [3.63, 3.8) is 0 Å². The van der Waals surface area contributed by atoms with Crippen molar-refractivity contribution < 1.29 is 14.3 Å². The van der Waals surface area contributed by atoms with E-state index in [9.17, 15) is 9.59 Å². The number of carbonyl (C=O) groups excluding carboxylic acids is 2. The summed E-state index contributed by atoms with van der Waals surface area (Å²) in [6, 6.07) is 27.4. The second-order valence-electron chi connectivity index (χ2n) is 10.1. The second-order valence-corrected chi connectivity index (χ2v) is 10.1. The van der Waals surface area contributed by atoms with Gasteiger partial charge < -0.3 is 19.9 Å². The number of aromatic nitrogens is 4. The molecule has 10 nitrogen and oxygen atoms in total. The topological polar surface area (TPSA) is 105 Å². The van der Waals surface area contributed by atoms with Crippen LogP contribution in [0.25, 0.3) is 11.0 Å². The maximum atomic E-state index is 14.1. The Labute approximate surface area is 243 Å². The van der Waals surface area contributed by atoms with Crippen LogP contribution in [0, 0.1) is 0 Å². The van der Waals surface area contributed by atoms with Crippen molar-refractivity contribution in [3.8, 4) is 0 Å². The van der Waals surface area contributed by atoms with Crippen LogP contribution >= 0.6 is 0 Å². The van der Waals surface area contributed by atoms with E-state index in [2.05, 4.69) is 25.5 Å². The summed E-state index contributed by atoms with van der Waals surface area (Å²) >= 11 is 0. The van der Waals surface area contributed by atoms with E-state index in [-0.39, 0.29) is 24.9 Å². The van der Waals surface area contributed by atoms with Crippen LogP contribution < -0.4 is 10.2 Å². The van der Waals surface area contributed by atoms with E-state index < -0.39 is 6.04 Å². The number of nitrogens with zero attached hydrogens (tertiary/aromatic N) is 6. The van der Waals surface area contributed by atoms with Gasteiger partial charge in [0.2, 0.25) is 5.91 Å². The molecule has 6 rings (SSSR count). The van der Waals surface area contributed by atoms with E-state index in [1.807, 2.05) is 91.0 Å². The molecule has 2 aromatic heterocycles. The summed E-state index contributed by atoms with van der Waals surface area (Å²) in [6.07, 6.45) is 3.38. The first kappa shape index (κ1) is 27.1. The minimum absolute atomic E-state index is 0.0777. The highest BCUT2D eigenvalue weighted by Crippen LogP contribution is 2.27. The van der Waals surface area contributed by atoms with Gasteiger partial charge in [-0.05, 0) is 53.6 Å². The number of pyridine rings is 1. The van der Waals surface area contributed by atoms with Crippen molar-refractivity contribution in [3.05, 3.63) is 115 Å². The monoisotopic (exact) mass is 561 g/mol. The molecule has 1 saturated heterocycles. The first-order chi connectivity index (χ1) is 20.7. The van der Waals surface area contributed by atoms with Gasteiger partial charge in [0.15, 0.2) is 0 Å². The fourth-order valence-corrected chi connectivity index (χ4v) is 5.16. The van der Waals surface area contributed by atoms with E-state index in [0.717, 1.165) is 29.9 Å². The highest BCUT2D eigenvalue weighted by Gasteiger charge is 2.32. The molecule has 0 spiro atoms. The molecule has 3 aromatic carbocycles. The smallest absolute Gasteiger partial charge is 0.251 e. The molecule has 0 bridgehead atoms. The highest BCUT2D eigenvalue weighted by molar-refractivity contribution is 5.98. The average Bonchev–Trinajstić information content (AvgIpc) is 3.45. The van der Waals surface area contributed by atoms with Gasteiger partial charge in [0, 0.05) is 43.4 Å². The zero-order valence-corrected chi connectivity index (χ0v) is 23.0. The van der Waals surface area contributed by atoms with Crippen LogP contribution in [-0.4, -0.2) is 63.0 Å². The van der Waals surface area contributed by atoms with Gasteiger partial charge >= 0.3 is 0 Å². The van der Waals surface area contributed by atoms with Crippen molar-refractivity contribution in [2.45, 2.75) is 19.1 Å². The third kappa shape index (κ3) is 6.13. The summed E-state index contributed by atoms with van der Waals surface area (Å²) in [5.74, 6) is -0.595. The molecule has 1 atom stereocenters. The number of anilines is 2. The Morgan fingerprint density at radius 1 is 0.905 bits per heavy atom. The normalized spacial score (nSPS) is 14.0. The van der Waals surface area contributed by atoms with Crippen LogP contribution in [0.3, 0.4) is 0 Å². The largest absolute Gasteiger partial charge is 0.378 e. The summed E-state index contributed by atoms with van der Waals surface area (Å²) in [7, 11) is 0. The minimum atomic E-state index is -0.910. The summed E-state index contributed by atoms with van der Waals surface area (Å²) < 4.78 is 7.03. The van der Waals surface area contributed by atoms with E-state index >= 15 is 0 Å². The third-order valence-electron chi connectivity index (χ3n) is 7.29. The van der Waals surface area contributed by atoms with Gasteiger partial charge in [-0.3, -0.25) is 14.6 Å². The average molecular weight is 562 g/mol. The summed E-state index contributed by atoms with van der Waals surface area (Å²) in [5, 5.41) is 11.5. The van der Waals surface area contributed by atoms with Crippen LogP contribution in [0.2, 0.25) is 0 Å². The van der Waals surface area contributed by atoms with Crippen molar-refractivity contribution >= 4 is 34.2 Å². The first-order valence-electron chi connectivity index (χ1n) is 13.9. The SMILES string of the molecule is O=C(Nc1ccc(N2CCOCC2)cc1)[C@@H](c1ccccc1)N(Cc1cccnc1)C(=O)Cn1nnc2ccccc21. The van der Waals surface area contributed by atoms with E-state index in [1.165, 1.54) is 0 Å². The van der Waals surface area contributed by atoms with Gasteiger partial charge in [-0.15, -0.1) is 5.10 Å². The molecule has 1 fully saturated rings. The number of morpholine rings is 1. The Morgan fingerprint density at radius 2 is 1.67 bits per heavy atom. The van der Waals surface area contributed by atoms with Gasteiger partial charge in [-0.25, -0.2) is 4.68 Å². The number of rotatable bonds is 9. The third-order valence-corrected chi connectivity index (χ3v) is 7.29. The summed E-state index contributed by atoms with van der Waals surface area (Å²) in [4.78, 5) is 36.2. The Bertz CT molecular complexity index is 1640. The molecule has 1 N–H and O–H groups in total. The van der Waals surface area contributed by atoms with E-state index in [0.29, 0.717) is 30.0 Å². The van der Waals surface area contributed by atoms with E-state index in [4.69, 9.17) is 4.74 Å². The second kappa shape index (κ2) is 12.6. The standard InChI is InChI=1S/C32H31N7O3/c40-30(23-39-29-11-5-4-10-28(29)35-36-39)38(22-24-7-6-16-33-21-24)31(25-8-2-1-3-9-25)32(41)34-26-12-14-27(15-13-26)37-17-19-42-20-18-37/h1-16,21,31H,17-20,22-23H2,(H,34,41)/t31-/m1/s1. The first-order valence-corrected chi connectivity index (χ1v) is 13.9. The van der Waals surface area contributed by atoms with Gasteiger partial charge in [0.25, 0.3) is 5.91 Å². The number of carbonyl (C=O) groups is 2. The van der Waals surface area contributed by atoms with E-state index in [1.54, 1.807) is 22.0 Å². The Morgan fingerprint density at radius 3 is 2.43 bits per heavy atom. The number of fused-ring (bicyclic) bond motifs is 1. The fourth-order valence-electron chi connectivity index (χ4n) is 5.16. The molecule has 5 aromatic rings. The zero-order chi connectivity index (χ0) is 28.7. The molecule has 42 heavy (non-hydrogen) atoms. The molecule has 0 unspecified atom stereocenters. The van der Waals surface area contributed by atoms with Gasteiger partial charge in [0.05, 0.1) is 18.7 Å². The van der Waals surface area contributed by atoms with Crippen molar-refractivity contribution in [2.24, 2.45) is 0 Å². The molecular weight excluding hydrogens is 530 g/mol. The molecular formula is C32H31N7O3. The van der Waals surface area contributed by atoms with Gasteiger partial charge in [0.1, 0.15) is 18.1 Å². The minimum Gasteiger partial charge on any atom is -0.378 e. The number of hydrogen-bond acceptors (Lipinski definition) is 7. The highest BCUT2D eigenvalue weighted by atomic mass is 16.5. The molecule has 0 radical (unpaired) electrons. The molecule has 3 heterocycles. The lowest BCUT2D eigenvalue weighted by Crippen LogP contribution is -2.42. The predicted molar refractivity (Wildman–Crippen MR) is 160 cm³/mol. The molecule has 1 aliphatic heterocycles.